The summed E-state index contributed by atoms with van der Waals surface area (Å²) in [5.74, 6) is 1.67. The lowest BCUT2D eigenvalue weighted by molar-refractivity contribution is -0.385. The molecule has 0 unspecified atom stereocenters. The molecule has 1 aliphatic rings. The molecule has 0 amide bonds. The summed E-state index contributed by atoms with van der Waals surface area (Å²) in [6.07, 6.45) is 5.92. The van der Waals surface area contributed by atoms with E-state index >= 15 is 0 Å². The Bertz CT molecular complexity index is 1180. The van der Waals surface area contributed by atoms with Crippen LogP contribution in [0.1, 0.15) is 12.0 Å². The lowest BCUT2D eigenvalue weighted by atomic mass is 10.2. The van der Waals surface area contributed by atoms with Gasteiger partial charge in [-0.3, -0.25) is 10.1 Å². The smallest absolute Gasteiger partial charge is 0.290 e. The Morgan fingerprint density at radius 3 is 2.79 bits per heavy atom. The number of aryl methyl sites for hydroxylation is 1. The van der Waals surface area contributed by atoms with Crippen molar-refractivity contribution in [1.82, 2.24) is 19.5 Å². The van der Waals surface area contributed by atoms with Crippen molar-refractivity contribution >= 4 is 36.4 Å². The van der Waals surface area contributed by atoms with Crippen molar-refractivity contribution in [3.63, 3.8) is 0 Å². The molecule has 182 valence electrons. The van der Waals surface area contributed by atoms with Gasteiger partial charge in [-0.25, -0.2) is 15.0 Å². The topological polar surface area (TPSA) is 102 Å². The number of fused-ring (bicyclic) bond motifs is 1. The number of hydrogen-bond acceptors (Lipinski definition) is 8. The molecule has 1 atom stereocenters. The minimum Gasteiger partial charge on any atom is -0.361 e. The average molecular weight is 484 g/mol. The van der Waals surface area contributed by atoms with E-state index in [0.29, 0.717) is 12.3 Å². The van der Waals surface area contributed by atoms with Crippen LogP contribution in [-0.2, 0) is 11.5 Å². The van der Waals surface area contributed by atoms with Gasteiger partial charge in [-0.2, -0.15) is 0 Å². The minimum absolute atomic E-state index is 0.0440. The molecule has 0 N–H and O–H groups in total. The Labute approximate surface area is 200 Å². The predicted octanol–water partition coefficient (Wildman–Crippen LogP) is 4.07. The molecule has 0 bridgehead atoms. The molecule has 10 nitrogen and oxygen atoms in total. The normalized spacial score (nSPS) is 16.4. The SMILES string of the molecule is Cc1cc(N(C)[C@@H]2CCN(c3ncnc4c3ccn4COCC[Si](C)(C)C)C2)ncc1[N+](=O)[O-]. The van der Waals surface area contributed by atoms with Crippen LogP contribution in [0.25, 0.3) is 11.0 Å². The van der Waals surface area contributed by atoms with Gasteiger partial charge in [-0.15, -0.1) is 0 Å². The van der Waals surface area contributed by atoms with Crippen molar-refractivity contribution in [2.24, 2.45) is 0 Å². The number of pyridine rings is 1. The summed E-state index contributed by atoms with van der Waals surface area (Å²) in [6, 6.07) is 5.21. The van der Waals surface area contributed by atoms with Gasteiger partial charge >= 0.3 is 0 Å². The molecule has 3 aromatic rings. The second-order valence-electron chi connectivity index (χ2n) is 10.2. The summed E-state index contributed by atoms with van der Waals surface area (Å²) >= 11 is 0. The standard InChI is InChI=1S/C23H33N7O3Si/c1-17-12-21(24-13-20(17)30(31)32)27(2)18-6-8-28(14-18)22-19-7-9-29(23(19)26-15-25-22)16-33-10-11-34(3,4)5/h7,9,12-13,15,18H,6,8,10-11,14,16H2,1-5H3/t18-/m1/s1. The first-order valence-corrected chi connectivity index (χ1v) is 15.3. The highest BCUT2D eigenvalue weighted by molar-refractivity contribution is 6.76. The Balaban J connectivity index is 1.45. The predicted molar refractivity (Wildman–Crippen MR) is 136 cm³/mol. The van der Waals surface area contributed by atoms with Gasteiger partial charge in [0.1, 0.15) is 36.5 Å². The minimum atomic E-state index is -1.12. The van der Waals surface area contributed by atoms with Crippen molar-refractivity contribution in [3.8, 4) is 0 Å². The van der Waals surface area contributed by atoms with Crippen LogP contribution in [0.4, 0.5) is 17.3 Å². The van der Waals surface area contributed by atoms with Crippen LogP contribution in [0, 0.1) is 17.0 Å². The third-order valence-electron chi connectivity index (χ3n) is 6.40. The summed E-state index contributed by atoms with van der Waals surface area (Å²) in [5, 5.41) is 12.1. The quantitative estimate of drug-likeness (QED) is 0.194. The fourth-order valence-corrected chi connectivity index (χ4v) is 5.00. The van der Waals surface area contributed by atoms with Gasteiger partial charge in [0.2, 0.25) is 0 Å². The van der Waals surface area contributed by atoms with Crippen molar-refractivity contribution in [1.29, 1.82) is 0 Å². The Kier molecular flexibility index (Phi) is 6.85. The van der Waals surface area contributed by atoms with Crippen molar-refractivity contribution in [2.45, 2.75) is 51.8 Å². The van der Waals surface area contributed by atoms with Gasteiger partial charge < -0.3 is 19.1 Å². The van der Waals surface area contributed by atoms with E-state index in [1.54, 1.807) is 19.3 Å². The summed E-state index contributed by atoms with van der Waals surface area (Å²) in [4.78, 5) is 28.5. The molecule has 11 heteroatoms. The molecule has 0 radical (unpaired) electrons. The zero-order valence-corrected chi connectivity index (χ0v) is 21.6. The molecule has 0 aliphatic carbocycles. The third kappa shape index (κ3) is 5.20. The van der Waals surface area contributed by atoms with Crippen LogP contribution in [0.2, 0.25) is 25.7 Å². The van der Waals surface area contributed by atoms with Crippen molar-refractivity contribution in [2.75, 3.05) is 36.5 Å². The number of aromatic nitrogens is 4. The first-order valence-electron chi connectivity index (χ1n) is 11.6. The molecule has 0 saturated carbocycles. The molecule has 4 heterocycles. The first kappa shape index (κ1) is 24.1. The molecular formula is C23H33N7O3Si. The van der Waals surface area contributed by atoms with Crippen molar-refractivity contribution < 1.29 is 9.66 Å². The van der Waals surface area contributed by atoms with Gasteiger partial charge in [0, 0.05) is 52.6 Å². The number of anilines is 2. The van der Waals surface area contributed by atoms with Crippen LogP contribution >= 0.6 is 0 Å². The van der Waals surface area contributed by atoms with Crippen LogP contribution in [0.15, 0.2) is 30.9 Å². The van der Waals surface area contributed by atoms with E-state index in [1.165, 1.54) is 6.20 Å². The van der Waals surface area contributed by atoms with Crippen LogP contribution < -0.4 is 9.80 Å². The second kappa shape index (κ2) is 9.67. The summed E-state index contributed by atoms with van der Waals surface area (Å²) < 4.78 is 7.96. The zero-order chi connectivity index (χ0) is 24.5. The van der Waals surface area contributed by atoms with E-state index in [2.05, 4.69) is 50.5 Å². The van der Waals surface area contributed by atoms with Gasteiger partial charge in [-0.05, 0) is 31.5 Å². The fourth-order valence-electron chi connectivity index (χ4n) is 4.24. The Morgan fingerprint density at radius 2 is 2.09 bits per heavy atom. The van der Waals surface area contributed by atoms with E-state index in [9.17, 15) is 10.1 Å². The fraction of sp³-hybridized carbons (Fsp3) is 0.522. The number of rotatable bonds is 9. The molecule has 1 aliphatic heterocycles. The van der Waals surface area contributed by atoms with Gasteiger partial charge in [-0.1, -0.05) is 19.6 Å². The molecule has 3 aromatic heterocycles. The molecule has 0 aromatic carbocycles. The average Bonchev–Trinajstić information content (AvgIpc) is 3.43. The largest absolute Gasteiger partial charge is 0.361 e. The molecular weight excluding hydrogens is 450 g/mol. The summed E-state index contributed by atoms with van der Waals surface area (Å²) in [5.41, 5.74) is 1.53. The van der Waals surface area contributed by atoms with E-state index in [4.69, 9.17) is 4.74 Å². The monoisotopic (exact) mass is 483 g/mol. The van der Waals surface area contributed by atoms with Gasteiger partial charge in [0.05, 0.1) is 10.3 Å². The maximum Gasteiger partial charge on any atom is 0.290 e. The molecule has 1 saturated heterocycles. The highest BCUT2D eigenvalue weighted by atomic mass is 28.3. The highest BCUT2D eigenvalue weighted by Crippen LogP contribution is 2.30. The lowest BCUT2D eigenvalue weighted by Crippen LogP contribution is -2.35. The number of hydrogen-bond donors (Lipinski definition) is 0. The maximum absolute atomic E-state index is 11.1. The Hall–Kier alpha value is -3.05. The second-order valence-corrected chi connectivity index (χ2v) is 15.8. The maximum atomic E-state index is 11.1. The van der Waals surface area contributed by atoms with Gasteiger partial charge in [0.15, 0.2) is 0 Å². The molecule has 4 rings (SSSR count). The molecule has 1 fully saturated rings. The van der Waals surface area contributed by atoms with Crippen LogP contribution in [-0.4, -0.2) is 65.3 Å². The highest BCUT2D eigenvalue weighted by Gasteiger charge is 2.29. The zero-order valence-electron chi connectivity index (χ0n) is 20.6. The van der Waals surface area contributed by atoms with E-state index < -0.39 is 13.0 Å². The molecule has 34 heavy (non-hydrogen) atoms. The first-order chi connectivity index (χ1) is 16.1. The number of nitrogens with zero attached hydrogens (tertiary/aromatic N) is 7. The summed E-state index contributed by atoms with van der Waals surface area (Å²) in [6.45, 7) is 11.7. The van der Waals surface area contributed by atoms with Crippen LogP contribution in [0.5, 0.6) is 0 Å². The molecule has 0 spiro atoms. The van der Waals surface area contributed by atoms with E-state index in [0.717, 1.165) is 54.8 Å². The van der Waals surface area contributed by atoms with Crippen LogP contribution in [0.3, 0.4) is 0 Å². The van der Waals surface area contributed by atoms with E-state index in [1.807, 2.05) is 17.8 Å². The lowest BCUT2D eigenvalue weighted by Gasteiger charge is -2.26. The number of nitro groups is 1. The van der Waals surface area contributed by atoms with E-state index in [-0.39, 0.29) is 11.7 Å². The van der Waals surface area contributed by atoms with Gasteiger partial charge in [0.25, 0.3) is 5.69 Å². The number of likely N-dealkylation sites (N-methyl/N-ethyl adjacent to an activating group) is 1. The third-order valence-corrected chi connectivity index (χ3v) is 8.10. The summed E-state index contributed by atoms with van der Waals surface area (Å²) in [7, 11) is 0.875. The number of ether oxygens (including phenoxy) is 1. The Morgan fingerprint density at radius 1 is 1.29 bits per heavy atom. The van der Waals surface area contributed by atoms with Crippen molar-refractivity contribution in [3.05, 3.63) is 46.5 Å².